The number of hydrogen-bond acceptors (Lipinski definition) is 2. The van der Waals surface area contributed by atoms with Crippen LogP contribution < -0.4 is 5.32 Å². The van der Waals surface area contributed by atoms with Crippen LogP contribution in [0.4, 0.5) is 5.69 Å². The van der Waals surface area contributed by atoms with Crippen LogP contribution in [0.1, 0.15) is 30.9 Å². The lowest BCUT2D eigenvalue weighted by molar-refractivity contribution is 0.0595. The van der Waals surface area contributed by atoms with Gasteiger partial charge in [0.15, 0.2) is 0 Å². The van der Waals surface area contributed by atoms with Crippen LogP contribution in [0, 0.1) is 12.8 Å². The lowest BCUT2D eigenvalue weighted by atomic mass is 10.0. The van der Waals surface area contributed by atoms with Gasteiger partial charge in [0.25, 0.3) is 0 Å². The molecule has 1 heterocycles. The number of rotatable bonds is 4. The second-order valence-corrected chi connectivity index (χ2v) is 4.96. The van der Waals surface area contributed by atoms with Gasteiger partial charge in [0, 0.05) is 18.8 Å². The topological polar surface area (TPSA) is 21.3 Å². The molecule has 1 unspecified atom stereocenters. The highest BCUT2D eigenvalue weighted by Gasteiger charge is 2.13. The highest BCUT2D eigenvalue weighted by atomic mass is 16.5. The van der Waals surface area contributed by atoms with Crippen molar-refractivity contribution in [3.8, 4) is 0 Å². The van der Waals surface area contributed by atoms with Gasteiger partial charge in [-0.15, -0.1) is 0 Å². The summed E-state index contributed by atoms with van der Waals surface area (Å²) >= 11 is 0. The van der Waals surface area contributed by atoms with Crippen LogP contribution in [-0.2, 0) is 11.2 Å². The summed E-state index contributed by atoms with van der Waals surface area (Å²) in [5.74, 6) is 0.676. The highest BCUT2D eigenvalue weighted by molar-refractivity contribution is 5.48. The minimum Gasteiger partial charge on any atom is -0.385 e. The van der Waals surface area contributed by atoms with E-state index in [0.717, 1.165) is 26.2 Å². The molecule has 2 rings (SSSR count). The third kappa shape index (κ3) is 3.47. The Morgan fingerprint density at radius 3 is 3.00 bits per heavy atom. The molecule has 0 saturated carbocycles. The molecule has 0 spiro atoms. The Morgan fingerprint density at radius 1 is 1.41 bits per heavy atom. The Balaban J connectivity index is 1.89. The molecule has 0 amide bonds. The van der Waals surface area contributed by atoms with Crippen LogP contribution in [0.3, 0.4) is 0 Å². The fourth-order valence-electron chi connectivity index (χ4n) is 2.39. The Morgan fingerprint density at radius 2 is 2.29 bits per heavy atom. The van der Waals surface area contributed by atoms with Crippen LogP contribution in [-0.4, -0.2) is 19.8 Å². The summed E-state index contributed by atoms with van der Waals surface area (Å²) < 4.78 is 5.49. The van der Waals surface area contributed by atoms with Gasteiger partial charge in [0.1, 0.15) is 0 Å². The van der Waals surface area contributed by atoms with Crippen molar-refractivity contribution in [2.45, 2.75) is 33.1 Å². The Hall–Kier alpha value is -1.02. The minimum atomic E-state index is 0.676. The zero-order valence-corrected chi connectivity index (χ0v) is 11.0. The summed E-state index contributed by atoms with van der Waals surface area (Å²) in [4.78, 5) is 0. The lowest BCUT2D eigenvalue weighted by Gasteiger charge is -2.23. The largest absolute Gasteiger partial charge is 0.385 e. The van der Waals surface area contributed by atoms with Crippen molar-refractivity contribution in [2.75, 3.05) is 25.1 Å². The molecule has 1 saturated heterocycles. The van der Waals surface area contributed by atoms with Gasteiger partial charge in [-0.3, -0.25) is 0 Å². The molecule has 0 aromatic heterocycles. The third-order valence-corrected chi connectivity index (χ3v) is 3.58. The van der Waals surface area contributed by atoms with Gasteiger partial charge in [-0.2, -0.15) is 0 Å². The monoisotopic (exact) mass is 233 g/mol. The molecule has 1 aliphatic heterocycles. The molecule has 0 bridgehead atoms. The smallest absolute Gasteiger partial charge is 0.0511 e. The first-order chi connectivity index (χ1) is 8.29. The van der Waals surface area contributed by atoms with E-state index in [1.165, 1.54) is 29.7 Å². The molecular weight excluding hydrogens is 210 g/mol. The van der Waals surface area contributed by atoms with E-state index in [0.29, 0.717) is 5.92 Å². The number of ether oxygens (including phenoxy) is 1. The summed E-state index contributed by atoms with van der Waals surface area (Å²) in [6.45, 7) is 7.28. The second kappa shape index (κ2) is 6.06. The fraction of sp³-hybridized carbons (Fsp3) is 0.600. The van der Waals surface area contributed by atoms with Crippen molar-refractivity contribution in [1.29, 1.82) is 0 Å². The molecule has 17 heavy (non-hydrogen) atoms. The first-order valence-corrected chi connectivity index (χ1v) is 6.70. The average Bonchev–Trinajstić information content (AvgIpc) is 2.39. The predicted octanol–water partition coefficient (Wildman–Crippen LogP) is 3.40. The first kappa shape index (κ1) is 12.4. The molecule has 1 atom stereocenters. The second-order valence-electron chi connectivity index (χ2n) is 4.96. The zero-order valence-electron chi connectivity index (χ0n) is 11.0. The van der Waals surface area contributed by atoms with E-state index in [1.54, 1.807) is 0 Å². The van der Waals surface area contributed by atoms with E-state index >= 15 is 0 Å². The first-order valence-electron chi connectivity index (χ1n) is 6.70. The normalized spacial score (nSPS) is 20.2. The minimum absolute atomic E-state index is 0.676. The summed E-state index contributed by atoms with van der Waals surface area (Å²) in [5, 5.41) is 3.54. The average molecular weight is 233 g/mol. The van der Waals surface area contributed by atoms with E-state index in [-0.39, 0.29) is 0 Å². The van der Waals surface area contributed by atoms with Crippen LogP contribution in [0.15, 0.2) is 18.2 Å². The van der Waals surface area contributed by atoms with Crippen LogP contribution >= 0.6 is 0 Å². The van der Waals surface area contributed by atoms with Crippen molar-refractivity contribution >= 4 is 5.69 Å². The van der Waals surface area contributed by atoms with Gasteiger partial charge in [-0.05, 0) is 55.4 Å². The quantitative estimate of drug-likeness (QED) is 0.860. The molecule has 0 aliphatic carbocycles. The molecule has 94 valence electrons. The molecular formula is C15H23NO. The maximum Gasteiger partial charge on any atom is 0.0511 e. The molecule has 1 aromatic rings. The third-order valence-electron chi connectivity index (χ3n) is 3.58. The van der Waals surface area contributed by atoms with E-state index in [1.807, 2.05) is 0 Å². The summed E-state index contributed by atoms with van der Waals surface area (Å²) in [5.41, 5.74) is 4.08. The number of benzene rings is 1. The summed E-state index contributed by atoms with van der Waals surface area (Å²) in [7, 11) is 0. The Labute approximate surface area is 104 Å². The van der Waals surface area contributed by atoms with Crippen LogP contribution in [0.25, 0.3) is 0 Å². The summed E-state index contributed by atoms with van der Waals surface area (Å²) in [6.07, 6.45) is 3.61. The molecule has 2 nitrogen and oxygen atoms in total. The van der Waals surface area contributed by atoms with Gasteiger partial charge in [0.2, 0.25) is 0 Å². The van der Waals surface area contributed by atoms with Crippen molar-refractivity contribution < 1.29 is 4.74 Å². The van der Waals surface area contributed by atoms with Crippen LogP contribution in [0.5, 0.6) is 0 Å². The van der Waals surface area contributed by atoms with Crippen LogP contribution in [0.2, 0.25) is 0 Å². The van der Waals surface area contributed by atoms with Gasteiger partial charge in [-0.1, -0.05) is 13.0 Å². The maximum atomic E-state index is 5.49. The van der Waals surface area contributed by atoms with Crippen molar-refractivity contribution in [3.05, 3.63) is 29.3 Å². The SMILES string of the molecule is CCc1cc(NCC2CCCOC2)ccc1C. The van der Waals surface area contributed by atoms with Crippen molar-refractivity contribution in [1.82, 2.24) is 0 Å². The number of hydrogen-bond donors (Lipinski definition) is 1. The summed E-state index contributed by atoms with van der Waals surface area (Å²) in [6, 6.07) is 6.66. The molecule has 1 fully saturated rings. The lowest BCUT2D eigenvalue weighted by Crippen LogP contribution is -2.24. The van der Waals surface area contributed by atoms with E-state index in [2.05, 4.69) is 37.4 Å². The maximum absolute atomic E-state index is 5.49. The van der Waals surface area contributed by atoms with Crippen molar-refractivity contribution in [3.63, 3.8) is 0 Å². The molecule has 1 N–H and O–H groups in total. The number of nitrogens with one attached hydrogen (secondary N) is 1. The molecule has 1 aliphatic rings. The van der Waals surface area contributed by atoms with E-state index < -0.39 is 0 Å². The van der Waals surface area contributed by atoms with Crippen molar-refractivity contribution in [2.24, 2.45) is 5.92 Å². The van der Waals surface area contributed by atoms with E-state index in [4.69, 9.17) is 4.74 Å². The van der Waals surface area contributed by atoms with Gasteiger partial charge < -0.3 is 10.1 Å². The number of anilines is 1. The standard InChI is InChI=1S/C15H23NO/c1-3-14-9-15(7-6-12(14)2)16-10-13-5-4-8-17-11-13/h6-7,9,13,16H,3-5,8,10-11H2,1-2H3. The molecule has 0 radical (unpaired) electrons. The highest BCUT2D eigenvalue weighted by Crippen LogP contribution is 2.18. The molecule has 2 heteroatoms. The number of aryl methyl sites for hydroxylation is 2. The predicted molar refractivity (Wildman–Crippen MR) is 72.6 cm³/mol. The van der Waals surface area contributed by atoms with Gasteiger partial charge in [0.05, 0.1) is 6.61 Å². The van der Waals surface area contributed by atoms with E-state index in [9.17, 15) is 0 Å². The Kier molecular flexibility index (Phi) is 4.43. The van der Waals surface area contributed by atoms with Gasteiger partial charge in [-0.25, -0.2) is 0 Å². The van der Waals surface area contributed by atoms with Gasteiger partial charge >= 0.3 is 0 Å². The molecule has 1 aromatic carbocycles. The Bertz CT molecular complexity index is 356. The zero-order chi connectivity index (χ0) is 12.1. The fourth-order valence-corrected chi connectivity index (χ4v) is 2.39.